The first kappa shape index (κ1) is 19.9. The van der Waals surface area contributed by atoms with E-state index in [9.17, 15) is 13.2 Å². The van der Waals surface area contributed by atoms with Crippen molar-refractivity contribution < 1.29 is 13.2 Å². The molecule has 0 unspecified atom stereocenters. The molecule has 0 aliphatic carbocycles. The minimum absolute atomic E-state index is 0.0568. The molecule has 0 saturated heterocycles. The highest BCUT2D eigenvalue weighted by Crippen LogP contribution is 2.23. The SMILES string of the molecule is CCS(=O)(=O)c1ccc(CC(=O)N=c2sc3cc(SC)ccc3n2C)cc1. The summed E-state index contributed by atoms with van der Waals surface area (Å²) >= 11 is 3.16. The lowest BCUT2D eigenvalue weighted by Gasteiger charge is -2.02. The maximum atomic E-state index is 12.4. The van der Waals surface area contributed by atoms with E-state index in [0.717, 1.165) is 15.8 Å². The lowest BCUT2D eigenvalue weighted by Crippen LogP contribution is -2.14. The number of hydrogen-bond donors (Lipinski definition) is 0. The van der Waals surface area contributed by atoms with Crippen molar-refractivity contribution in [3.63, 3.8) is 0 Å². The number of fused-ring (bicyclic) bond motifs is 1. The summed E-state index contributed by atoms with van der Waals surface area (Å²) in [7, 11) is -1.33. The quantitative estimate of drug-likeness (QED) is 0.593. The lowest BCUT2D eigenvalue weighted by atomic mass is 10.1. The van der Waals surface area contributed by atoms with Crippen LogP contribution in [0.1, 0.15) is 12.5 Å². The number of aryl methyl sites for hydroxylation is 1. The van der Waals surface area contributed by atoms with Crippen LogP contribution in [0, 0.1) is 0 Å². The summed E-state index contributed by atoms with van der Waals surface area (Å²) in [4.78, 5) is 18.7. The standard InChI is InChI=1S/C19H20N2O3S3/c1-4-27(23,24)15-8-5-13(6-9-15)11-18(22)20-19-21(2)16-10-7-14(25-3)12-17(16)26-19/h5-10,12H,4,11H2,1-3H3. The number of benzene rings is 2. The number of thioether (sulfide) groups is 1. The maximum Gasteiger partial charge on any atom is 0.252 e. The van der Waals surface area contributed by atoms with Gasteiger partial charge in [-0.2, -0.15) is 4.99 Å². The van der Waals surface area contributed by atoms with Crippen molar-refractivity contribution >= 4 is 49.1 Å². The second kappa shape index (κ2) is 8.00. The Morgan fingerprint density at radius 3 is 2.52 bits per heavy atom. The van der Waals surface area contributed by atoms with Gasteiger partial charge < -0.3 is 4.57 Å². The highest BCUT2D eigenvalue weighted by Gasteiger charge is 2.12. The number of rotatable bonds is 5. The van der Waals surface area contributed by atoms with Crippen LogP contribution in [0.15, 0.2) is 57.2 Å². The summed E-state index contributed by atoms with van der Waals surface area (Å²) in [6, 6.07) is 12.6. The van der Waals surface area contributed by atoms with Gasteiger partial charge in [0.05, 0.1) is 27.3 Å². The largest absolute Gasteiger partial charge is 0.319 e. The molecule has 27 heavy (non-hydrogen) atoms. The number of aromatic nitrogens is 1. The molecule has 1 amide bonds. The van der Waals surface area contributed by atoms with E-state index in [2.05, 4.69) is 17.1 Å². The Hall–Kier alpha value is -1.90. The van der Waals surface area contributed by atoms with Gasteiger partial charge in [0.1, 0.15) is 0 Å². The average Bonchev–Trinajstić information content (AvgIpc) is 2.96. The van der Waals surface area contributed by atoms with Crippen LogP contribution in [0.25, 0.3) is 10.2 Å². The van der Waals surface area contributed by atoms with E-state index >= 15 is 0 Å². The summed E-state index contributed by atoms with van der Waals surface area (Å²) in [5.41, 5.74) is 1.78. The molecule has 142 valence electrons. The van der Waals surface area contributed by atoms with E-state index < -0.39 is 9.84 Å². The van der Waals surface area contributed by atoms with Crippen molar-refractivity contribution in [2.75, 3.05) is 12.0 Å². The molecule has 0 bridgehead atoms. The average molecular weight is 421 g/mol. The normalized spacial score (nSPS) is 12.6. The predicted molar refractivity (Wildman–Crippen MR) is 111 cm³/mol. The predicted octanol–water partition coefficient (Wildman–Crippen LogP) is 3.43. The Labute approximate surface area is 166 Å². The molecule has 0 N–H and O–H groups in total. The molecular formula is C19H20N2O3S3. The molecule has 5 nitrogen and oxygen atoms in total. The van der Waals surface area contributed by atoms with Gasteiger partial charge >= 0.3 is 0 Å². The Morgan fingerprint density at radius 2 is 1.89 bits per heavy atom. The number of carbonyl (C=O) groups is 1. The summed E-state index contributed by atoms with van der Waals surface area (Å²) in [5.74, 6) is -0.199. The third-order valence-corrected chi connectivity index (χ3v) is 7.83. The topological polar surface area (TPSA) is 68.5 Å². The van der Waals surface area contributed by atoms with Crippen molar-refractivity contribution in [1.29, 1.82) is 0 Å². The Kier molecular flexibility index (Phi) is 5.88. The van der Waals surface area contributed by atoms with Crippen LogP contribution in [0.2, 0.25) is 0 Å². The molecule has 3 aromatic rings. The second-order valence-electron chi connectivity index (χ2n) is 6.01. The monoisotopic (exact) mass is 420 g/mol. The molecule has 1 aromatic heterocycles. The van der Waals surface area contributed by atoms with Gasteiger partial charge in [0.2, 0.25) is 0 Å². The molecule has 0 radical (unpaired) electrons. The number of thiazole rings is 1. The van der Waals surface area contributed by atoms with E-state index in [-0.39, 0.29) is 23.0 Å². The number of nitrogens with zero attached hydrogens (tertiary/aromatic N) is 2. The molecular weight excluding hydrogens is 400 g/mol. The summed E-state index contributed by atoms with van der Waals surface area (Å²) < 4.78 is 26.7. The minimum Gasteiger partial charge on any atom is -0.319 e. The van der Waals surface area contributed by atoms with Gasteiger partial charge in [0.25, 0.3) is 5.91 Å². The Balaban J connectivity index is 1.85. The van der Waals surface area contributed by atoms with Gasteiger partial charge in [-0.15, -0.1) is 11.8 Å². The summed E-state index contributed by atoms with van der Waals surface area (Å²) in [6.45, 7) is 1.61. The fraction of sp³-hybridized carbons (Fsp3) is 0.263. The van der Waals surface area contributed by atoms with Gasteiger partial charge in [-0.3, -0.25) is 4.79 Å². The molecule has 0 atom stereocenters. The number of sulfone groups is 1. The second-order valence-corrected chi connectivity index (χ2v) is 10.2. The lowest BCUT2D eigenvalue weighted by molar-refractivity contribution is -0.117. The van der Waals surface area contributed by atoms with Crippen LogP contribution in [-0.2, 0) is 28.1 Å². The molecule has 0 spiro atoms. The van der Waals surface area contributed by atoms with E-state index in [0.29, 0.717) is 4.80 Å². The summed E-state index contributed by atoms with van der Waals surface area (Å²) in [5, 5.41) is 0. The molecule has 0 aliphatic rings. The molecule has 2 aromatic carbocycles. The first-order valence-corrected chi connectivity index (χ1v) is 12.1. The smallest absolute Gasteiger partial charge is 0.252 e. The Morgan fingerprint density at radius 1 is 1.19 bits per heavy atom. The highest BCUT2D eigenvalue weighted by molar-refractivity contribution is 7.98. The highest BCUT2D eigenvalue weighted by atomic mass is 32.2. The molecule has 0 aliphatic heterocycles. The van der Waals surface area contributed by atoms with Crippen LogP contribution in [0.4, 0.5) is 0 Å². The number of amides is 1. The first-order chi connectivity index (χ1) is 12.8. The molecule has 3 rings (SSSR count). The fourth-order valence-corrected chi connectivity index (χ4v) is 5.12. The van der Waals surface area contributed by atoms with Gasteiger partial charge in [-0.05, 0) is 42.2 Å². The van der Waals surface area contributed by atoms with E-state index in [1.807, 2.05) is 23.9 Å². The first-order valence-electron chi connectivity index (χ1n) is 8.37. The van der Waals surface area contributed by atoms with Gasteiger partial charge in [0, 0.05) is 11.9 Å². The van der Waals surface area contributed by atoms with E-state index in [4.69, 9.17) is 0 Å². The van der Waals surface area contributed by atoms with Crippen LogP contribution in [0.3, 0.4) is 0 Å². The van der Waals surface area contributed by atoms with Crippen molar-refractivity contribution in [3.05, 3.63) is 52.8 Å². The molecule has 8 heteroatoms. The van der Waals surface area contributed by atoms with E-state index in [1.54, 1.807) is 43.0 Å². The summed E-state index contributed by atoms with van der Waals surface area (Å²) in [6.07, 6.45) is 2.16. The number of hydrogen-bond acceptors (Lipinski definition) is 5. The molecule has 0 saturated carbocycles. The zero-order valence-electron chi connectivity index (χ0n) is 15.3. The Bertz CT molecular complexity index is 1160. The van der Waals surface area contributed by atoms with Crippen molar-refractivity contribution in [3.8, 4) is 0 Å². The van der Waals surface area contributed by atoms with Crippen LogP contribution in [0.5, 0.6) is 0 Å². The maximum absolute atomic E-state index is 12.4. The van der Waals surface area contributed by atoms with Crippen molar-refractivity contribution in [2.45, 2.75) is 23.1 Å². The minimum atomic E-state index is -3.23. The van der Waals surface area contributed by atoms with Gasteiger partial charge in [0.15, 0.2) is 14.6 Å². The van der Waals surface area contributed by atoms with Crippen LogP contribution in [-0.4, -0.2) is 30.9 Å². The van der Waals surface area contributed by atoms with Crippen molar-refractivity contribution in [1.82, 2.24) is 4.57 Å². The van der Waals surface area contributed by atoms with E-state index in [1.165, 1.54) is 16.2 Å². The zero-order valence-corrected chi connectivity index (χ0v) is 17.7. The van der Waals surface area contributed by atoms with Gasteiger partial charge in [-0.25, -0.2) is 8.42 Å². The van der Waals surface area contributed by atoms with Crippen molar-refractivity contribution in [2.24, 2.45) is 12.0 Å². The number of carbonyl (C=O) groups excluding carboxylic acids is 1. The van der Waals surface area contributed by atoms with Crippen LogP contribution >= 0.6 is 23.1 Å². The zero-order chi connectivity index (χ0) is 19.6. The molecule has 0 fully saturated rings. The third kappa shape index (κ3) is 4.34. The fourth-order valence-electron chi connectivity index (χ4n) is 2.65. The molecule has 1 heterocycles. The van der Waals surface area contributed by atoms with Crippen LogP contribution < -0.4 is 4.80 Å². The van der Waals surface area contributed by atoms with Gasteiger partial charge in [-0.1, -0.05) is 30.4 Å². The third-order valence-electron chi connectivity index (χ3n) is 4.25.